The van der Waals surface area contributed by atoms with E-state index >= 15 is 0 Å². The third kappa shape index (κ3) is 4.76. The molecule has 2 rings (SSSR count). The topological polar surface area (TPSA) is 43.4 Å². The molecule has 0 saturated heterocycles. The van der Waals surface area contributed by atoms with E-state index in [1.165, 1.54) is 0 Å². The van der Waals surface area contributed by atoms with Crippen LogP contribution in [0.4, 0.5) is 0 Å². The molecule has 0 aliphatic carbocycles. The van der Waals surface area contributed by atoms with Crippen LogP contribution in [0, 0.1) is 0 Å². The standard InChI is InChI=1S/C14H4Br6O3/c15-7-1-5(2-8(16)11(7)19)13(21)23-14(22)6-3-9(17)12(20)10(18)4-6/h1-4H. The zero-order chi connectivity index (χ0) is 17.3. The van der Waals surface area contributed by atoms with Gasteiger partial charge in [0.25, 0.3) is 0 Å². The lowest BCUT2D eigenvalue weighted by molar-refractivity contribution is 0.0397. The highest BCUT2D eigenvalue weighted by molar-refractivity contribution is 9.15. The third-order valence-corrected chi connectivity index (χ3v) is 8.96. The largest absolute Gasteiger partial charge is 0.386 e. The first-order valence-electron chi connectivity index (χ1n) is 5.76. The van der Waals surface area contributed by atoms with Gasteiger partial charge in [-0.3, -0.25) is 0 Å². The molecule has 120 valence electrons. The average molecular weight is 700 g/mol. The molecule has 0 amide bonds. The molecule has 0 aromatic heterocycles. The van der Waals surface area contributed by atoms with E-state index in [1.807, 2.05) is 0 Å². The Kier molecular flexibility index (Phi) is 7.07. The Hall–Kier alpha value is 0.460. The molecule has 0 saturated carbocycles. The van der Waals surface area contributed by atoms with Crippen LogP contribution in [0.1, 0.15) is 20.7 Å². The van der Waals surface area contributed by atoms with E-state index < -0.39 is 11.9 Å². The highest BCUT2D eigenvalue weighted by atomic mass is 79.9. The highest BCUT2D eigenvalue weighted by Gasteiger charge is 2.19. The number of halogens is 6. The van der Waals surface area contributed by atoms with Crippen molar-refractivity contribution in [2.75, 3.05) is 0 Å². The first kappa shape index (κ1) is 19.8. The van der Waals surface area contributed by atoms with Crippen molar-refractivity contribution < 1.29 is 14.3 Å². The highest BCUT2D eigenvalue weighted by Crippen LogP contribution is 2.34. The van der Waals surface area contributed by atoms with Crippen molar-refractivity contribution in [2.24, 2.45) is 0 Å². The summed E-state index contributed by atoms with van der Waals surface area (Å²) in [5.74, 6) is -1.47. The molecular weight excluding hydrogens is 696 g/mol. The molecule has 0 radical (unpaired) electrons. The van der Waals surface area contributed by atoms with Gasteiger partial charge in [-0.1, -0.05) is 0 Å². The number of benzene rings is 2. The van der Waals surface area contributed by atoms with Crippen molar-refractivity contribution >= 4 is 108 Å². The molecule has 0 unspecified atom stereocenters. The first-order valence-corrected chi connectivity index (χ1v) is 10.5. The molecule has 0 N–H and O–H groups in total. The summed E-state index contributed by atoms with van der Waals surface area (Å²) in [5.41, 5.74) is 0.492. The minimum Gasteiger partial charge on any atom is -0.386 e. The van der Waals surface area contributed by atoms with Crippen LogP contribution >= 0.6 is 95.6 Å². The number of carbonyl (C=O) groups is 2. The van der Waals surface area contributed by atoms with Crippen molar-refractivity contribution in [1.29, 1.82) is 0 Å². The lowest BCUT2D eigenvalue weighted by Crippen LogP contribution is -2.13. The Balaban J connectivity index is 2.25. The van der Waals surface area contributed by atoms with Gasteiger partial charge >= 0.3 is 11.9 Å². The quantitative estimate of drug-likeness (QED) is 0.189. The van der Waals surface area contributed by atoms with Crippen molar-refractivity contribution in [3.8, 4) is 0 Å². The molecule has 0 fully saturated rings. The monoisotopic (exact) mass is 694 g/mol. The van der Waals surface area contributed by atoms with E-state index in [-0.39, 0.29) is 11.1 Å². The fourth-order valence-electron chi connectivity index (χ4n) is 1.55. The van der Waals surface area contributed by atoms with Crippen molar-refractivity contribution in [1.82, 2.24) is 0 Å². The zero-order valence-corrected chi connectivity index (χ0v) is 20.3. The molecule has 2 aromatic carbocycles. The summed E-state index contributed by atoms with van der Waals surface area (Å²) in [6, 6.07) is 6.27. The molecule has 0 spiro atoms. The molecule has 9 heteroatoms. The Labute approximate surface area is 182 Å². The van der Waals surface area contributed by atoms with E-state index in [4.69, 9.17) is 4.74 Å². The second kappa shape index (κ2) is 8.23. The maximum atomic E-state index is 12.1. The number of hydrogen-bond acceptors (Lipinski definition) is 3. The van der Waals surface area contributed by atoms with Crippen molar-refractivity contribution in [2.45, 2.75) is 0 Å². The molecule has 0 aliphatic rings. The second-order valence-corrected chi connectivity index (χ2v) is 9.19. The number of ether oxygens (including phenoxy) is 1. The Bertz CT molecular complexity index is 705. The molecule has 0 heterocycles. The van der Waals surface area contributed by atoms with Crippen LogP contribution in [0.2, 0.25) is 0 Å². The molecule has 2 aromatic rings. The fourth-order valence-corrected chi connectivity index (χ4v) is 4.38. The van der Waals surface area contributed by atoms with Gasteiger partial charge in [0.2, 0.25) is 0 Å². The Morgan fingerprint density at radius 3 is 1.13 bits per heavy atom. The van der Waals surface area contributed by atoms with Gasteiger partial charge in [0.1, 0.15) is 0 Å². The van der Waals surface area contributed by atoms with Crippen LogP contribution < -0.4 is 0 Å². The van der Waals surface area contributed by atoms with Crippen LogP contribution in [-0.2, 0) is 4.74 Å². The van der Waals surface area contributed by atoms with Gasteiger partial charge in [-0.25, -0.2) is 9.59 Å². The smallest absolute Gasteiger partial charge is 0.346 e. The maximum Gasteiger partial charge on any atom is 0.346 e. The predicted molar refractivity (Wildman–Crippen MR) is 109 cm³/mol. The van der Waals surface area contributed by atoms with Crippen LogP contribution in [0.15, 0.2) is 51.1 Å². The van der Waals surface area contributed by atoms with Crippen LogP contribution in [-0.4, -0.2) is 11.9 Å². The Morgan fingerprint density at radius 2 is 0.870 bits per heavy atom. The lowest BCUT2D eigenvalue weighted by atomic mass is 10.2. The molecule has 0 atom stereocenters. The fraction of sp³-hybridized carbons (Fsp3) is 0. The molecular formula is C14H4Br6O3. The van der Waals surface area contributed by atoms with E-state index in [0.717, 1.165) is 8.95 Å². The van der Waals surface area contributed by atoms with Crippen LogP contribution in [0.25, 0.3) is 0 Å². The predicted octanol–water partition coefficient (Wildman–Crippen LogP) is 7.26. The van der Waals surface area contributed by atoms with Crippen LogP contribution in [0.3, 0.4) is 0 Å². The normalized spacial score (nSPS) is 10.5. The van der Waals surface area contributed by atoms with Gasteiger partial charge in [0.05, 0.1) is 11.1 Å². The van der Waals surface area contributed by atoms with Gasteiger partial charge < -0.3 is 4.74 Å². The summed E-state index contributed by atoms with van der Waals surface area (Å²) in [4.78, 5) is 24.3. The lowest BCUT2D eigenvalue weighted by Gasteiger charge is -2.07. The molecule has 0 aliphatic heterocycles. The number of hydrogen-bond donors (Lipinski definition) is 0. The SMILES string of the molecule is O=C(OC(=O)c1cc(Br)c(Br)c(Br)c1)c1cc(Br)c(Br)c(Br)c1. The van der Waals surface area contributed by atoms with Gasteiger partial charge in [0.15, 0.2) is 0 Å². The average Bonchev–Trinajstić information content (AvgIpc) is 2.49. The summed E-state index contributed by atoms with van der Waals surface area (Å²) in [6.45, 7) is 0. The van der Waals surface area contributed by atoms with E-state index in [9.17, 15) is 9.59 Å². The van der Waals surface area contributed by atoms with Gasteiger partial charge in [-0.05, 0) is 120 Å². The van der Waals surface area contributed by atoms with Crippen LogP contribution in [0.5, 0.6) is 0 Å². The minimum absolute atomic E-state index is 0.246. The van der Waals surface area contributed by atoms with Gasteiger partial charge in [-0.15, -0.1) is 0 Å². The van der Waals surface area contributed by atoms with E-state index in [2.05, 4.69) is 95.6 Å². The van der Waals surface area contributed by atoms with E-state index in [0.29, 0.717) is 17.9 Å². The summed E-state index contributed by atoms with van der Waals surface area (Å²) in [7, 11) is 0. The number of carbonyl (C=O) groups excluding carboxylic acids is 2. The third-order valence-electron chi connectivity index (χ3n) is 2.62. The molecule has 0 bridgehead atoms. The van der Waals surface area contributed by atoms with Gasteiger partial charge in [-0.2, -0.15) is 0 Å². The van der Waals surface area contributed by atoms with E-state index in [1.54, 1.807) is 24.3 Å². The Morgan fingerprint density at radius 1 is 0.609 bits per heavy atom. The number of rotatable bonds is 2. The van der Waals surface area contributed by atoms with Crippen molar-refractivity contribution in [3.63, 3.8) is 0 Å². The summed E-state index contributed by atoms with van der Waals surface area (Å²) < 4.78 is 9.13. The minimum atomic E-state index is -0.737. The summed E-state index contributed by atoms with van der Waals surface area (Å²) in [5, 5.41) is 0. The second-order valence-electron chi connectivity index (χ2n) is 4.18. The maximum absolute atomic E-state index is 12.1. The van der Waals surface area contributed by atoms with Gasteiger partial charge in [0, 0.05) is 26.8 Å². The zero-order valence-electron chi connectivity index (χ0n) is 10.8. The van der Waals surface area contributed by atoms with Crippen molar-refractivity contribution in [3.05, 3.63) is 62.2 Å². The summed E-state index contributed by atoms with van der Waals surface area (Å²) in [6.07, 6.45) is 0. The summed E-state index contributed by atoms with van der Waals surface area (Å²) >= 11 is 20.0. The number of esters is 2. The molecule has 23 heavy (non-hydrogen) atoms. The first-order chi connectivity index (χ1) is 10.7. The molecule has 3 nitrogen and oxygen atoms in total.